The summed E-state index contributed by atoms with van der Waals surface area (Å²) in [5.41, 5.74) is 18.0. The van der Waals surface area contributed by atoms with E-state index in [0.29, 0.717) is 36.1 Å². The van der Waals surface area contributed by atoms with E-state index in [1.54, 1.807) is 12.1 Å². The lowest BCUT2D eigenvalue weighted by molar-refractivity contribution is -0.130. The van der Waals surface area contributed by atoms with Crippen molar-refractivity contribution >= 4 is 35.6 Å². The van der Waals surface area contributed by atoms with E-state index in [1.807, 2.05) is 55.5 Å². The molecule has 0 aliphatic heterocycles. The molecular formula is C31H37ClN8O2. The van der Waals surface area contributed by atoms with Crippen LogP contribution in [0.25, 0.3) is 22.5 Å². The Morgan fingerprint density at radius 1 is 1.00 bits per heavy atom. The van der Waals surface area contributed by atoms with Crippen LogP contribution >= 0.6 is 12.4 Å². The number of aromatic nitrogens is 4. The lowest BCUT2D eigenvalue weighted by atomic mass is 9.81. The van der Waals surface area contributed by atoms with Gasteiger partial charge in [0.15, 0.2) is 5.82 Å². The van der Waals surface area contributed by atoms with Gasteiger partial charge in [0, 0.05) is 29.3 Å². The van der Waals surface area contributed by atoms with Gasteiger partial charge in [-0.25, -0.2) is 5.10 Å². The highest BCUT2D eigenvalue weighted by Crippen LogP contribution is 2.29. The summed E-state index contributed by atoms with van der Waals surface area (Å²) in [6, 6.07) is 20.4. The van der Waals surface area contributed by atoms with Gasteiger partial charge in [0.05, 0.1) is 0 Å². The molecule has 0 spiro atoms. The van der Waals surface area contributed by atoms with E-state index in [0.717, 1.165) is 53.5 Å². The van der Waals surface area contributed by atoms with Gasteiger partial charge in [-0.3, -0.25) is 9.59 Å². The SMILES string of the molecule is Cc1cc(N)ccc1-c1cccc(C[C@H](NC(=O)[C@H]2CC[C@H](CN)CC2)C(=O)Nc2ccc(-c3nnn[nH]3)cc2)c1.Cl. The first-order chi connectivity index (χ1) is 19.9. The van der Waals surface area contributed by atoms with Crippen LogP contribution in [0.5, 0.6) is 0 Å². The van der Waals surface area contributed by atoms with Gasteiger partial charge in [0.25, 0.3) is 0 Å². The predicted octanol–water partition coefficient (Wildman–Crippen LogP) is 4.28. The van der Waals surface area contributed by atoms with E-state index in [9.17, 15) is 9.59 Å². The molecule has 1 aliphatic carbocycles. The van der Waals surface area contributed by atoms with Gasteiger partial charge in [-0.1, -0.05) is 30.3 Å². The summed E-state index contributed by atoms with van der Waals surface area (Å²) < 4.78 is 0. The van der Waals surface area contributed by atoms with E-state index >= 15 is 0 Å². The summed E-state index contributed by atoms with van der Waals surface area (Å²) in [7, 11) is 0. The summed E-state index contributed by atoms with van der Waals surface area (Å²) in [6.07, 6.45) is 3.78. The zero-order chi connectivity index (χ0) is 28.8. The van der Waals surface area contributed by atoms with E-state index in [1.165, 1.54) is 0 Å². The molecule has 2 amide bonds. The Morgan fingerprint density at radius 2 is 1.76 bits per heavy atom. The smallest absolute Gasteiger partial charge is 0.247 e. The molecule has 5 rings (SSSR count). The molecule has 3 aromatic carbocycles. The summed E-state index contributed by atoms with van der Waals surface area (Å²) in [4.78, 5) is 26.9. The Morgan fingerprint density at radius 3 is 2.43 bits per heavy atom. The second-order valence-electron chi connectivity index (χ2n) is 10.8. The van der Waals surface area contributed by atoms with Gasteiger partial charge in [-0.2, -0.15) is 0 Å². The number of anilines is 2. The van der Waals surface area contributed by atoms with Crippen molar-refractivity contribution in [1.82, 2.24) is 25.9 Å². The first-order valence-electron chi connectivity index (χ1n) is 14.0. The van der Waals surface area contributed by atoms with Crippen LogP contribution in [0, 0.1) is 18.8 Å². The number of aromatic amines is 1. The average molecular weight is 589 g/mol. The van der Waals surface area contributed by atoms with Gasteiger partial charge in [0.2, 0.25) is 11.8 Å². The van der Waals surface area contributed by atoms with E-state index < -0.39 is 6.04 Å². The number of amides is 2. The molecule has 0 unspecified atom stereocenters. The number of carbonyl (C=O) groups is 2. The molecule has 4 aromatic rings. The van der Waals surface area contributed by atoms with Crippen molar-refractivity contribution < 1.29 is 9.59 Å². The Balaban J connectivity index is 0.00000405. The van der Waals surface area contributed by atoms with E-state index in [-0.39, 0.29) is 30.1 Å². The van der Waals surface area contributed by atoms with Gasteiger partial charge >= 0.3 is 0 Å². The molecule has 220 valence electrons. The normalized spacial score (nSPS) is 17.1. The second kappa shape index (κ2) is 14.1. The highest BCUT2D eigenvalue weighted by molar-refractivity contribution is 5.97. The van der Waals surface area contributed by atoms with Crippen LogP contribution in [-0.2, 0) is 16.0 Å². The highest BCUT2D eigenvalue weighted by Gasteiger charge is 2.29. The van der Waals surface area contributed by atoms with Crippen molar-refractivity contribution in [2.75, 3.05) is 17.6 Å². The van der Waals surface area contributed by atoms with Gasteiger partial charge in [-0.05, 0) is 114 Å². The van der Waals surface area contributed by atoms with E-state index in [2.05, 4.69) is 37.3 Å². The number of hydrogen-bond acceptors (Lipinski definition) is 7. The van der Waals surface area contributed by atoms with Gasteiger partial charge in [-0.15, -0.1) is 17.5 Å². The zero-order valence-electron chi connectivity index (χ0n) is 23.5. The maximum Gasteiger partial charge on any atom is 0.247 e. The molecule has 10 nitrogen and oxygen atoms in total. The fourth-order valence-corrected chi connectivity index (χ4v) is 5.49. The molecular weight excluding hydrogens is 552 g/mol. The number of tetrazole rings is 1. The predicted molar refractivity (Wildman–Crippen MR) is 167 cm³/mol. The van der Waals surface area contributed by atoms with Gasteiger partial charge in [0.1, 0.15) is 6.04 Å². The molecule has 1 fully saturated rings. The fraction of sp³-hybridized carbons (Fsp3) is 0.323. The summed E-state index contributed by atoms with van der Waals surface area (Å²) >= 11 is 0. The van der Waals surface area contributed by atoms with E-state index in [4.69, 9.17) is 11.5 Å². The minimum atomic E-state index is -0.754. The van der Waals surface area contributed by atoms with Crippen molar-refractivity contribution in [1.29, 1.82) is 0 Å². The number of rotatable bonds is 9. The largest absolute Gasteiger partial charge is 0.399 e. The molecule has 1 aromatic heterocycles. The lowest BCUT2D eigenvalue weighted by Gasteiger charge is -2.28. The molecule has 1 aliphatic rings. The van der Waals surface area contributed by atoms with Crippen molar-refractivity contribution in [2.24, 2.45) is 17.6 Å². The quantitative estimate of drug-likeness (QED) is 0.182. The van der Waals surface area contributed by atoms with Crippen LogP contribution in [0.2, 0.25) is 0 Å². The molecule has 0 saturated heterocycles. The summed E-state index contributed by atoms with van der Waals surface area (Å²) in [5, 5.41) is 19.9. The molecule has 0 radical (unpaired) electrons. The Labute approximate surface area is 251 Å². The summed E-state index contributed by atoms with van der Waals surface area (Å²) in [6.45, 7) is 2.67. The number of halogens is 1. The van der Waals surface area contributed by atoms with Crippen molar-refractivity contribution in [3.63, 3.8) is 0 Å². The zero-order valence-corrected chi connectivity index (χ0v) is 24.4. The number of H-pyrrole nitrogens is 1. The molecule has 1 atom stereocenters. The van der Waals surface area contributed by atoms with Crippen LogP contribution < -0.4 is 22.1 Å². The standard InChI is InChI=1S/C31H36N8O2.ClH/c1-19-15-25(33)11-14-27(19)24-4-2-3-21(16-24)17-28(35-30(40)23-7-5-20(18-32)6-8-23)31(41)34-26-12-9-22(10-13-26)29-36-38-39-37-29;/h2-4,9-16,20,23,28H,5-8,17-18,32-33H2,1H3,(H,34,41)(H,35,40)(H,36,37,38,39);1H/t20-,23-,28-;/m0./s1. The maximum absolute atomic E-state index is 13.6. The Kier molecular flexibility index (Phi) is 10.3. The molecule has 1 saturated carbocycles. The van der Waals surface area contributed by atoms with Crippen LogP contribution in [0.3, 0.4) is 0 Å². The summed E-state index contributed by atoms with van der Waals surface area (Å²) in [5.74, 6) is 0.519. The van der Waals surface area contributed by atoms with Crippen molar-refractivity contribution in [2.45, 2.75) is 45.1 Å². The molecule has 42 heavy (non-hydrogen) atoms. The third-order valence-electron chi connectivity index (χ3n) is 7.88. The number of aryl methyl sites for hydroxylation is 1. The number of benzene rings is 3. The number of nitrogens with two attached hydrogens (primary N) is 2. The lowest BCUT2D eigenvalue weighted by Crippen LogP contribution is -2.48. The van der Waals surface area contributed by atoms with Crippen molar-refractivity contribution in [3.05, 3.63) is 77.9 Å². The minimum absolute atomic E-state index is 0. The second-order valence-corrected chi connectivity index (χ2v) is 10.8. The first-order valence-corrected chi connectivity index (χ1v) is 14.0. The Hall–Kier alpha value is -4.28. The first kappa shape index (κ1) is 30.7. The number of nitrogens with one attached hydrogen (secondary N) is 3. The van der Waals surface area contributed by atoms with Gasteiger partial charge < -0.3 is 22.1 Å². The number of nitrogen functional groups attached to an aromatic ring is 1. The Bertz CT molecular complexity index is 1490. The maximum atomic E-state index is 13.6. The number of nitrogens with zero attached hydrogens (tertiary/aromatic N) is 3. The third kappa shape index (κ3) is 7.51. The number of carbonyl (C=O) groups excluding carboxylic acids is 2. The molecule has 1 heterocycles. The topological polar surface area (TPSA) is 165 Å². The molecule has 7 N–H and O–H groups in total. The minimum Gasteiger partial charge on any atom is -0.399 e. The fourth-order valence-electron chi connectivity index (χ4n) is 5.49. The monoisotopic (exact) mass is 588 g/mol. The average Bonchev–Trinajstić information content (AvgIpc) is 3.52. The molecule has 0 bridgehead atoms. The van der Waals surface area contributed by atoms with Crippen molar-refractivity contribution in [3.8, 4) is 22.5 Å². The highest BCUT2D eigenvalue weighted by atomic mass is 35.5. The van der Waals surface area contributed by atoms with Crippen LogP contribution in [0.1, 0.15) is 36.8 Å². The molecule has 11 heteroatoms. The third-order valence-corrected chi connectivity index (χ3v) is 7.88. The van der Waals surface area contributed by atoms with Crippen LogP contribution in [0.4, 0.5) is 11.4 Å². The number of hydrogen-bond donors (Lipinski definition) is 5. The van der Waals surface area contributed by atoms with Crippen LogP contribution in [0.15, 0.2) is 66.7 Å². The van der Waals surface area contributed by atoms with Crippen LogP contribution in [-0.4, -0.2) is 45.0 Å².